The van der Waals surface area contributed by atoms with Crippen molar-refractivity contribution in [2.45, 2.75) is 33.4 Å². The number of anilines is 1. The molecule has 0 fully saturated rings. The molecular formula is C18H25N3. The molecule has 1 atom stereocenters. The van der Waals surface area contributed by atoms with Gasteiger partial charge in [-0.2, -0.15) is 0 Å². The van der Waals surface area contributed by atoms with E-state index in [1.807, 2.05) is 20.0 Å². The van der Waals surface area contributed by atoms with Crippen LogP contribution in [0.5, 0.6) is 0 Å². The third kappa shape index (κ3) is 3.82. The Morgan fingerprint density at radius 3 is 2.57 bits per heavy atom. The number of para-hydroxylation sites is 1. The van der Waals surface area contributed by atoms with Crippen molar-refractivity contribution in [1.29, 1.82) is 0 Å². The van der Waals surface area contributed by atoms with Gasteiger partial charge in [0.25, 0.3) is 0 Å². The van der Waals surface area contributed by atoms with Gasteiger partial charge in [-0.1, -0.05) is 24.3 Å². The average molecular weight is 283 g/mol. The Morgan fingerprint density at radius 2 is 1.90 bits per heavy atom. The molecule has 0 spiro atoms. The Bertz CT molecular complexity index is 580. The fourth-order valence-electron chi connectivity index (χ4n) is 2.55. The first kappa shape index (κ1) is 15.5. The smallest absolute Gasteiger partial charge is 0.0602 e. The highest BCUT2D eigenvalue weighted by Crippen LogP contribution is 2.27. The highest BCUT2D eigenvalue weighted by atomic mass is 15.1. The lowest BCUT2D eigenvalue weighted by Gasteiger charge is -2.27. The number of rotatable bonds is 6. The van der Waals surface area contributed by atoms with Crippen LogP contribution in [0.15, 0.2) is 42.5 Å². The van der Waals surface area contributed by atoms with E-state index in [1.165, 1.54) is 11.3 Å². The summed E-state index contributed by atoms with van der Waals surface area (Å²) in [4.78, 5) is 7.00. The summed E-state index contributed by atoms with van der Waals surface area (Å²) in [7, 11) is 2.00. The molecule has 0 aliphatic carbocycles. The summed E-state index contributed by atoms with van der Waals surface area (Å²) < 4.78 is 0. The standard InChI is InChI=1S/C18H25N3/c1-5-21(13-16-10-8-9-14(2)20-16)18-12-7-6-11-17(18)15(3)19-4/h6-12,15,19H,5,13H2,1-4H3. The Morgan fingerprint density at radius 1 is 1.14 bits per heavy atom. The molecule has 0 bridgehead atoms. The van der Waals surface area contributed by atoms with E-state index in [1.54, 1.807) is 0 Å². The van der Waals surface area contributed by atoms with E-state index >= 15 is 0 Å². The molecule has 112 valence electrons. The van der Waals surface area contributed by atoms with Crippen LogP contribution in [-0.2, 0) is 6.54 Å². The zero-order valence-electron chi connectivity index (χ0n) is 13.4. The monoisotopic (exact) mass is 283 g/mol. The quantitative estimate of drug-likeness (QED) is 0.876. The molecule has 1 heterocycles. The van der Waals surface area contributed by atoms with Gasteiger partial charge in [0.05, 0.1) is 12.2 Å². The molecule has 0 radical (unpaired) electrons. The minimum Gasteiger partial charge on any atom is -0.366 e. The maximum Gasteiger partial charge on any atom is 0.0602 e. The van der Waals surface area contributed by atoms with E-state index in [0.717, 1.165) is 24.5 Å². The molecule has 0 saturated carbocycles. The van der Waals surface area contributed by atoms with Gasteiger partial charge in [0.2, 0.25) is 0 Å². The van der Waals surface area contributed by atoms with E-state index in [-0.39, 0.29) is 0 Å². The van der Waals surface area contributed by atoms with E-state index in [0.29, 0.717) is 6.04 Å². The summed E-state index contributed by atoms with van der Waals surface area (Å²) in [5.74, 6) is 0. The lowest BCUT2D eigenvalue weighted by Crippen LogP contribution is -2.25. The van der Waals surface area contributed by atoms with E-state index in [2.05, 4.69) is 65.4 Å². The number of hydrogen-bond donors (Lipinski definition) is 1. The molecule has 0 aliphatic rings. The average Bonchev–Trinajstić information content (AvgIpc) is 2.52. The number of aromatic nitrogens is 1. The van der Waals surface area contributed by atoms with Crippen LogP contribution in [0.4, 0.5) is 5.69 Å². The van der Waals surface area contributed by atoms with Crippen molar-refractivity contribution in [3.63, 3.8) is 0 Å². The first-order chi connectivity index (χ1) is 10.2. The second-order valence-corrected chi connectivity index (χ2v) is 5.35. The summed E-state index contributed by atoms with van der Waals surface area (Å²) in [6.45, 7) is 8.22. The molecule has 0 aliphatic heterocycles. The van der Waals surface area contributed by atoms with Crippen LogP contribution in [0.3, 0.4) is 0 Å². The van der Waals surface area contributed by atoms with Crippen molar-refractivity contribution in [3.05, 3.63) is 59.4 Å². The number of benzene rings is 1. The largest absolute Gasteiger partial charge is 0.366 e. The molecular weight excluding hydrogens is 258 g/mol. The summed E-state index contributed by atoms with van der Waals surface area (Å²) >= 11 is 0. The van der Waals surface area contributed by atoms with E-state index < -0.39 is 0 Å². The third-order valence-electron chi connectivity index (χ3n) is 3.86. The first-order valence-electron chi connectivity index (χ1n) is 7.59. The molecule has 0 amide bonds. The number of aryl methyl sites for hydroxylation is 1. The Labute approximate surface area is 128 Å². The zero-order valence-corrected chi connectivity index (χ0v) is 13.4. The van der Waals surface area contributed by atoms with Crippen LogP contribution in [-0.4, -0.2) is 18.6 Å². The molecule has 0 saturated heterocycles. The van der Waals surface area contributed by atoms with Gasteiger partial charge in [-0.25, -0.2) is 0 Å². The molecule has 2 rings (SSSR count). The lowest BCUT2D eigenvalue weighted by atomic mass is 10.0. The van der Waals surface area contributed by atoms with Crippen molar-refractivity contribution < 1.29 is 0 Å². The summed E-state index contributed by atoms with van der Waals surface area (Å²) in [6.07, 6.45) is 0. The van der Waals surface area contributed by atoms with Gasteiger partial charge >= 0.3 is 0 Å². The highest BCUT2D eigenvalue weighted by Gasteiger charge is 2.14. The summed E-state index contributed by atoms with van der Waals surface area (Å²) in [5, 5.41) is 3.33. The Balaban J connectivity index is 2.29. The predicted molar refractivity (Wildman–Crippen MR) is 89.6 cm³/mol. The number of nitrogens with zero attached hydrogens (tertiary/aromatic N) is 2. The van der Waals surface area contributed by atoms with E-state index in [4.69, 9.17) is 0 Å². The minimum atomic E-state index is 0.334. The first-order valence-corrected chi connectivity index (χ1v) is 7.59. The normalized spacial score (nSPS) is 12.2. The van der Waals surface area contributed by atoms with Gasteiger partial charge in [0, 0.05) is 24.0 Å². The van der Waals surface area contributed by atoms with Crippen molar-refractivity contribution in [3.8, 4) is 0 Å². The van der Waals surface area contributed by atoms with E-state index in [9.17, 15) is 0 Å². The van der Waals surface area contributed by atoms with Gasteiger partial charge in [-0.05, 0) is 51.6 Å². The Kier molecular flexibility index (Phi) is 5.34. The molecule has 1 aromatic heterocycles. The number of pyridine rings is 1. The molecule has 1 N–H and O–H groups in total. The molecule has 3 heteroatoms. The van der Waals surface area contributed by atoms with Crippen LogP contribution in [0, 0.1) is 6.92 Å². The second kappa shape index (κ2) is 7.23. The maximum absolute atomic E-state index is 4.62. The maximum atomic E-state index is 4.62. The fourth-order valence-corrected chi connectivity index (χ4v) is 2.55. The molecule has 21 heavy (non-hydrogen) atoms. The van der Waals surface area contributed by atoms with Gasteiger partial charge in [-0.15, -0.1) is 0 Å². The summed E-state index contributed by atoms with van der Waals surface area (Å²) in [6, 6.07) is 15.1. The van der Waals surface area contributed by atoms with Crippen molar-refractivity contribution in [1.82, 2.24) is 10.3 Å². The highest BCUT2D eigenvalue weighted by molar-refractivity contribution is 5.55. The summed E-state index contributed by atoms with van der Waals surface area (Å²) in [5.41, 5.74) is 4.80. The molecule has 1 aromatic carbocycles. The lowest BCUT2D eigenvalue weighted by molar-refractivity contribution is 0.646. The number of hydrogen-bond acceptors (Lipinski definition) is 3. The van der Waals surface area contributed by atoms with Gasteiger partial charge in [0.15, 0.2) is 0 Å². The van der Waals surface area contributed by atoms with Gasteiger partial charge < -0.3 is 10.2 Å². The van der Waals surface area contributed by atoms with Crippen molar-refractivity contribution in [2.75, 3.05) is 18.5 Å². The zero-order chi connectivity index (χ0) is 15.2. The van der Waals surface area contributed by atoms with Crippen molar-refractivity contribution >= 4 is 5.69 Å². The molecule has 2 aromatic rings. The van der Waals surface area contributed by atoms with Crippen LogP contribution in [0.2, 0.25) is 0 Å². The number of nitrogens with one attached hydrogen (secondary N) is 1. The van der Waals surface area contributed by atoms with Crippen molar-refractivity contribution in [2.24, 2.45) is 0 Å². The van der Waals surface area contributed by atoms with Crippen LogP contribution in [0.25, 0.3) is 0 Å². The Hall–Kier alpha value is -1.87. The van der Waals surface area contributed by atoms with Crippen LogP contribution < -0.4 is 10.2 Å². The topological polar surface area (TPSA) is 28.2 Å². The predicted octanol–water partition coefficient (Wildman–Crippen LogP) is 3.70. The molecule has 1 unspecified atom stereocenters. The van der Waals surface area contributed by atoms with Crippen LogP contribution in [0.1, 0.15) is 36.8 Å². The fraction of sp³-hybridized carbons (Fsp3) is 0.389. The van der Waals surface area contributed by atoms with Crippen LogP contribution >= 0.6 is 0 Å². The molecule has 3 nitrogen and oxygen atoms in total. The SMILES string of the molecule is CCN(Cc1cccc(C)n1)c1ccccc1C(C)NC. The minimum absolute atomic E-state index is 0.334. The van der Waals surface area contributed by atoms with Gasteiger partial charge in [-0.3, -0.25) is 4.98 Å². The second-order valence-electron chi connectivity index (χ2n) is 5.35. The van der Waals surface area contributed by atoms with Gasteiger partial charge in [0.1, 0.15) is 0 Å². The third-order valence-corrected chi connectivity index (χ3v) is 3.86.